The van der Waals surface area contributed by atoms with Crippen molar-refractivity contribution in [3.05, 3.63) is 35.0 Å². The normalized spacial score (nSPS) is 12.6. The van der Waals surface area contributed by atoms with E-state index >= 15 is 0 Å². The van der Waals surface area contributed by atoms with Gasteiger partial charge in [-0.05, 0) is 24.1 Å². The number of hydrogen-bond donors (Lipinski definition) is 1. The topological polar surface area (TPSA) is 52.0 Å². The molecule has 0 saturated heterocycles. The highest BCUT2D eigenvalue weighted by Crippen LogP contribution is 2.35. The Labute approximate surface area is 112 Å². The molecule has 4 heteroatoms. The number of anilines is 1. The predicted octanol–water partition coefficient (Wildman–Crippen LogP) is 4.48. The molecule has 0 bridgehead atoms. The molecule has 0 aliphatic rings. The Morgan fingerprint density at radius 3 is 2.61 bits per heavy atom. The smallest absolute Gasteiger partial charge is 0.230 e. The van der Waals surface area contributed by atoms with Gasteiger partial charge in [-0.3, -0.25) is 0 Å². The van der Waals surface area contributed by atoms with Gasteiger partial charge in [-0.15, -0.1) is 0 Å². The zero-order valence-corrected chi connectivity index (χ0v) is 11.4. The molecule has 96 valence electrons. The Kier molecular flexibility index (Phi) is 3.92. The molecule has 0 aliphatic heterocycles. The molecule has 1 unspecified atom stereocenters. The summed E-state index contributed by atoms with van der Waals surface area (Å²) in [7, 11) is 0. The van der Waals surface area contributed by atoms with Crippen molar-refractivity contribution >= 4 is 17.5 Å². The van der Waals surface area contributed by atoms with Crippen LogP contribution in [0.25, 0.3) is 11.1 Å². The molecule has 1 aromatic carbocycles. The van der Waals surface area contributed by atoms with Crippen LogP contribution in [0.4, 0.5) is 5.88 Å². The Hall–Kier alpha value is -1.48. The van der Waals surface area contributed by atoms with Crippen molar-refractivity contribution < 1.29 is 4.52 Å². The minimum Gasteiger partial charge on any atom is -0.367 e. The van der Waals surface area contributed by atoms with Gasteiger partial charge in [0.15, 0.2) is 0 Å². The molecule has 0 radical (unpaired) electrons. The first-order valence-electron chi connectivity index (χ1n) is 6.14. The standard InChI is InChI=1S/C14H17ClN2O/c1-3-4-9(2)13-12(14(16)18-17-13)10-5-7-11(15)8-6-10/h5-9H,3-4,16H2,1-2H3. The number of halogens is 1. The van der Waals surface area contributed by atoms with Gasteiger partial charge in [0, 0.05) is 10.9 Å². The van der Waals surface area contributed by atoms with Gasteiger partial charge in [0.2, 0.25) is 5.88 Å². The summed E-state index contributed by atoms with van der Waals surface area (Å²) >= 11 is 5.89. The van der Waals surface area contributed by atoms with Gasteiger partial charge in [0.1, 0.15) is 0 Å². The number of hydrogen-bond acceptors (Lipinski definition) is 3. The Bertz CT molecular complexity index is 519. The minimum atomic E-state index is 0.335. The van der Waals surface area contributed by atoms with Crippen molar-refractivity contribution in [3.63, 3.8) is 0 Å². The van der Waals surface area contributed by atoms with E-state index < -0.39 is 0 Å². The number of nitrogens with zero attached hydrogens (tertiary/aromatic N) is 1. The van der Waals surface area contributed by atoms with Crippen molar-refractivity contribution in [1.82, 2.24) is 5.16 Å². The molecular formula is C14H17ClN2O. The first-order valence-corrected chi connectivity index (χ1v) is 6.52. The quantitative estimate of drug-likeness (QED) is 0.886. The van der Waals surface area contributed by atoms with Gasteiger partial charge in [-0.25, -0.2) is 0 Å². The van der Waals surface area contributed by atoms with Crippen LogP contribution in [0.2, 0.25) is 5.02 Å². The fourth-order valence-corrected chi connectivity index (χ4v) is 2.25. The van der Waals surface area contributed by atoms with Crippen LogP contribution in [0, 0.1) is 0 Å². The molecule has 3 nitrogen and oxygen atoms in total. The monoisotopic (exact) mass is 264 g/mol. The van der Waals surface area contributed by atoms with E-state index in [1.807, 2.05) is 24.3 Å². The molecule has 1 aromatic heterocycles. The van der Waals surface area contributed by atoms with E-state index in [9.17, 15) is 0 Å². The van der Waals surface area contributed by atoms with Crippen LogP contribution >= 0.6 is 11.6 Å². The van der Waals surface area contributed by atoms with Crippen LogP contribution in [-0.2, 0) is 0 Å². The molecular weight excluding hydrogens is 248 g/mol. The SMILES string of the molecule is CCCC(C)c1noc(N)c1-c1ccc(Cl)cc1. The van der Waals surface area contributed by atoms with Gasteiger partial charge >= 0.3 is 0 Å². The lowest BCUT2D eigenvalue weighted by Gasteiger charge is -2.09. The Morgan fingerprint density at radius 2 is 2.00 bits per heavy atom. The number of nitrogens with two attached hydrogens (primary N) is 1. The molecule has 1 atom stereocenters. The summed E-state index contributed by atoms with van der Waals surface area (Å²) in [6.07, 6.45) is 2.17. The molecule has 0 saturated carbocycles. The fourth-order valence-electron chi connectivity index (χ4n) is 2.13. The molecule has 0 fully saturated rings. The average Bonchev–Trinajstić information content (AvgIpc) is 2.73. The van der Waals surface area contributed by atoms with Crippen LogP contribution in [0.3, 0.4) is 0 Å². The van der Waals surface area contributed by atoms with Crippen molar-refractivity contribution in [2.24, 2.45) is 0 Å². The molecule has 2 aromatic rings. The highest BCUT2D eigenvalue weighted by molar-refractivity contribution is 6.30. The molecule has 2 rings (SSSR count). The lowest BCUT2D eigenvalue weighted by atomic mass is 9.95. The maximum Gasteiger partial charge on any atom is 0.230 e. The highest BCUT2D eigenvalue weighted by atomic mass is 35.5. The van der Waals surface area contributed by atoms with Gasteiger partial charge in [-0.2, -0.15) is 0 Å². The van der Waals surface area contributed by atoms with Gasteiger partial charge in [0.05, 0.1) is 11.3 Å². The van der Waals surface area contributed by atoms with E-state index in [0.29, 0.717) is 16.8 Å². The van der Waals surface area contributed by atoms with Gasteiger partial charge in [-0.1, -0.05) is 49.2 Å². The zero-order chi connectivity index (χ0) is 13.1. The molecule has 0 aliphatic carbocycles. The van der Waals surface area contributed by atoms with Crippen LogP contribution in [0.15, 0.2) is 28.8 Å². The van der Waals surface area contributed by atoms with Gasteiger partial charge < -0.3 is 10.3 Å². The van der Waals surface area contributed by atoms with Crippen molar-refractivity contribution in [1.29, 1.82) is 0 Å². The molecule has 2 N–H and O–H groups in total. The van der Waals surface area contributed by atoms with Gasteiger partial charge in [0.25, 0.3) is 0 Å². The third-order valence-electron chi connectivity index (χ3n) is 3.07. The van der Waals surface area contributed by atoms with E-state index in [-0.39, 0.29) is 0 Å². The van der Waals surface area contributed by atoms with Crippen molar-refractivity contribution in [3.8, 4) is 11.1 Å². The first-order chi connectivity index (χ1) is 8.63. The molecule has 0 amide bonds. The summed E-state index contributed by atoms with van der Waals surface area (Å²) in [5.74, 6) is 0.706. The second-order valence-electron chi connectivity index (χ2n) is 4.50. The largest absolute Gasteiger partial charge is 0.367 e. The highest BCUT2D eigenvalue weighted by Gasteiger charge is 2.20. The van der Waals surface area contributed by atoms with Crippen LogP contribution in [0.1, 0.15) is 38.3 Å². The number of nitrogen functional groups attached to an aromatic ring is 1. The van der Waals surface area contributed by atoms with Crippen molar-refractivity contribution in [2.45, 2.75) is 32.6 Å². The second kappa shape index (κ2) is 5.44. The third kappa shape index (κ3) is 2.51. The van der Waals surface area contributed by atoms with E-state index in [2.05, 4.69) is 19.0 Å². The lowest BCUT2D eigenvalue weighted by Crippen LogP contribution is -1.96. The van der Waals surface area contributed by atoms with E-state index in [1.165, 1.54) is 0 Å². The predicted molar refractivity (Wildman–Crippen MR) is 74.7 cm³/mol. The van der Waals surface area contributed by atoms with Crippen LogP contribution < -0.4 is 5.73 Å². The lowest BCUT2D eigenvalue weighted by molar-refractivity contribution is 0.419. The Morgan fingerprint density at radius 1 is 1.33 bits per heavy atom. The maximum atomic E-state index is 5.89. The fraction of sp³-hybridized carbons (Fsp3) is 0.357. The summed E-state index contributed by atoms with van der Waals surface area (Å²) in [4.78, 5) is 0. The Balaban J connectivity index is 2.43. The van der Waals surface area contributed by atoms with Crippen LogP contribution in [-0.4, -0.2) is 5.16 Å². The first kappa shape index (κ1) is 13.0. The van der Waals surface area contributed by atoms with E-state index in [4.69, 9.17) is 21.9 Å². The molecule has 18 heavy (non-hydrogen) atoms. The minimum absolute atomic E-state index is 0.335. The molecule has 0 spiro atoms. The van der Waals surface area contributed by atoms with E-state index in [0.717, 1.165) is 29.7 Å². The van der Waals surface area contributed by atoms with Crippen molar-refractivity contribution in [2.75, 3.05) is 5.73 Å². The number of rotatable bonds is 4. The average molecular weight is 265 g/mol. The van der Waals surface area contributed by atoms with Crippen LogP contribution in [0.5, 0.6) is 0 Å². The second-order valence-corrected chi connectivity index (χ2v) is 4.94. The van der Waals surface area contributed by atoms with E-state index in [1.54, 1.807) is 0 Å². The third-order valence-corrected chi connectivity index (χ3v) is 3.32. The molecule has 1 heterocycles. The maximum absolute atomic E-state index is 5.89. The summed E-state index contributed by atoms with van der Waals surface area (Å²) in [6, 6.07) is 7.57. The summed E-state index contributed by atoms with van der Waals surface area (Å²) in [5, 5.41) is 4.81. The zero-order valence-electron chi connectivity index (χ0n) is 10.6. The summed E-state index contributed by atoms with van der Waals surface area (Å²) in [6.45, 7) is 4.29. The summed E-state index contributed by atoms with van der Waals surface area (Å²) < 4.78 is 5.14. The number of benzene rings is 1. The number of aromatic nitrogens is 1. The summed E-state index contributed by atoms with van der Waals surface area (Å²) in [5.41, 5.74) is 8.70.